The van der Waals surface area contributed by atoms with Gasteiger partial charge in [-0.3, -0.25) is 9.59 Å². The number of amides is 2. The summed E-state index contributed by atoms with van der Waals surface area (Å²) >= 11 is 0. The highest BCUT2D eigenvalue weighted by Crippen LogP contribution is 2.46. The van der Waals surface area contributed by atoms with Crippen molar-refractivity contribution in [1.29, 1.82) is 0 Å². The molecule has 36 heavy (non-hydrogen) atoms. The summed E-state index contributed by atoms with van der Waals surface area (Å²) < 4.78 is 74.9. The average Bonchev–Trinajstić information content (AvgIpc) is 2.98. The predicted molar refractivity (Wildman–Crippen MR) is 117 cm³/mol. The van der Waals surface area contributed by atoms with Crippen LogP contribution in [0.5, 0.6) is 5.75 Å². The first-order valence-corrected chi connectivity index (χ1v) is 12.2. The van der Waals surface area contributed by atoms with Crippen LogP contribution in [-0.4, -0.2) is 59.9 Å². The average molecular weight is 526 g/mol. The molecule has 2 fully saturated rings. The topological polar surface area (TPSA) is 119 Å². The Balaban J connectivity index is 1.46. The molecular formula is C23H21F3N2O7S. The lowest BCUT2D eigenvalue weighted by molar-refractivity contribution is -0.165. The summed E-state index contributed by atoms with van der Waals surface area (Å²) in [5.74, 6) is -6.96. The number of carbonyl (C=O) groups excluding carboxylic acids is 3. The fourth-order valence-electron chi connectivity index (χ4n) is 4.23. The number of carbonyl (C=O) groups is 3. The molecule has 2 aliphatic heterocycles. The third-order valence-corrected chi connectivity index (χ3v) is 8.97. The number of ether oxygens (including phenoxy) is 2. The summed E-state index contributed by atoms with van der Waals surface area (Å²) in [5, 5.41) is 0.816. The van der Waals surface area contributed by atoms with E-state index in [1.807, 2.05) is 0 Å². The van der Waals surface area contributed by atoms with Gasteiger partial charge in [-0.1, -0.05) is 18.2 Å². The lowest BCUT2D eigenvalue weighted by Gasteiger charge is -2.42. The fraction of sp³-hybridized carbons (Fsp3) is 0.348. The third kappa shape index (κ3) is 4.16. The number of sulfone groups is 1. The van der Waals surface area contributed by atoms with Crippen LogP contribution in [0.25, 0.3) is 0 Å². The number of nitrogens with one attached hydrogen (secondary N) is 1. The minimum Gasteiger partial charge on any atom is -0.484 e. The van der Waals surface area contributed by atoms with Gasteiger partial charge in [0.05, 0.1) is 0 Å². The number of benzene rings is 2. The third-order valence-electron chi connectivity index (χ3n) is 6.15. The van der Waals surface area contributed by atoms with Gasteiger partial charge in [0.1, 0.15) is 29.2 Å². The van der Waals surface area contributed by atoms with Gasteiger partial charge in [-0.25, -0.2) is 26.4 Å². The lowest BCUT2D eigenvalue weighted by Crippen LogP contribution is -2.72. The van der Waals surface area contributed by atoms with Crippen molar-refractivity contribution >= 4 is 27.6 Å². The molecule has 2 amide bonds. The summed E-state index contributed by atoms with van der Waals surface area (Å²) in [4.78, 5) is 38.7. The van der Waals surface area contributed by atoms with E-state index in [-0.39, 0.29) is 5.56 Å². The first-order chi connectivity index (χ1) is 16.9. The highest BCUT2D eigenvalue weighted by molar-refractivity contribution is 7.94. The summed E-state index contributed by atoms with van der Waals surface area (Å²) in [6, 6.07) is 6.59. The van der Waals surface area contributed by atoms with Crippen molar-refractivity contribution in [3.8, 4) is 5.75 Å². The van der Waals surface area contributed by atoms with Crippen molar-refractivity contribution in [3.63, 3.8) is 0 Å². The molecule has 9 nitrogen and oxygen atoms in total. The largest absolute Gasteiger partial charge is 0.484 e. The van der Waals surface area contributed by atoms with Crippen molar-refractivity contribution in [2.45, 2.75) is 42.7 Å². The number of β-lactam (4-membered cyclic amide) rings is 1. The van der Waals surface area contributed by atoms with Crippen molar-refractivity contribution < 1.29 is 45.4 Å². The van der Waals surface area contributed by atoms with E-state index in [0.29, 0.717) is 17.9 Å². The van der Waals surface area contributed by atoms with E-state index in [9.17, 15) is 36.0 Å². The van der Waals surface area contributed by atoms with Gasteiger partial charge in [-0.05, 0) is 43.7 Å². The van der Waals surface area contributed by atoms with E-state index in [1.54, 1.807) is 30.3 Å². The number of rotatable bonds is 7. The zero-order valence-corrected chi connectivity index (χ0v) is 19.9. The van der Waals surface area contributed by atoms with E-state index in [4.69, 9.17) is 9.47 Å². The second kappa shape index (κ2) is 9.12. The van der Waals surface area contributed by atoms with Crippen LogP contribution < -0.4 is 10.1 Å². The van der Waals surface area contributed by atoms with Gasteiger partial charge in [0.25, 0.3) is 5.91 Å². The van der Waals surface area contributed by atoms with E-state index in [2.05, 4.69) is 5.32 Å². The zero-order chi connectivity index (χ0) is 26.4. The molecule has 0 spiro atoms. The Morgan fingerprint density at radius 3 is 2.31 bits per heavy atom. The van der Waals surface area contributed by atoms with Crippen LogP contribution in [0.15, 0.2) is 42.5 Å². The number of hydrogen-bond donors (Lipinski definition) is 1. The van der Waals surface area contributed by atoms with Gasteiger partial charge in [0.15, 0.2) is 39.3 Å². The van der Waals surface area contributed by atoms with Crippen LogP contribution in [0, 0.1) is 17.5 Å². The van der Waals surface area contributed by atoms with Crippen LogP contribution in [0.2, 0.25) is 0 Å². The van der Waals surface area contributed by atoms with E-state index in [0.717, 1.165) is 4.90 Å². The van der Waals surface area contributed by atoms with Gasteiger partial charge in [-0.2, -0.15) is 0 Å². The minimum atomic E-state index is -4.18. The molecule has 0 aromatic heterocycles. The van der Waals surface area contributed by atoms with Crippen molar-refractivity contribution in [2.24, 2.45) is 0 Å². The molecule has 0 aliphatic carbocycles. The zero-order valence-electron chi connectivity index (χ0n) is 19.0. The molecule has 0 unspecified atom stereocenters. The number of para-hydroxylation sites is 1. The number of esters is 1. The SMILES string of the molecule is CC1(C)[C@H](C(=O)OCc2cc(F)c(F)c(F)c2)N2C(=O)[C@@H](NC(=O)COc3ccccc3)[C@H]2S1(=O)=O. The van der Waals surface area contributed by atoms with Gasteiger partial charge in [0.2, 0.25) is 5.91 Å². The van der Waals surface area contributed by atoms with Crippen molar-refractivity contribution in [3.05, 3.63) is 65.5 Å². The molecule has 4 rings (SSSR count). The summed E-state index contributed by atoms with van der Waals surface area (Å²) in [6.45, 7) is 1.30. The second-order valence-electron chi connectivity index (χ2n) is 8.82. The number of nitrogens with zero attached hydrogens (tertiary/aromatic N) is 1. The molecule has 1 N–H and O–H groups in total. The maximum Gasteiger partial charge on any atom is 0.330 e. The fourth-order valence-corrected chi connectivity index (χ4v) is 6.44. The molecule has 0 bridgehead atoms. The molecule has 0 saturated carbocycles. The van der Waals surface area contributed by atoms with Crippen LogP contribution in [-0.2, 0) is 35.6 Å². The molecule has 2 heterocycles. The van der Waals surface area contributed by atoms with Gasteiger partial charge in [-0.15, -0.1) is 0 Å². The van der Waals surface area contributed by atoms with Crippen LogP contribution >= 0.6 is 0 Å². The molecule has 2 aliphatic rings. The molecule has 0 radical (unpaired) electrons. The summed E-state index contributed by atoms with van der Waals surface area (Å²) in [7, 11) is -4.18. The highest BCUT2D eigenvalue weighted by atomic mass is 32.2. The first-order valence-electron chi connectivity index (χ1n) is 10.7. The van der Waals surface area contributed by atoms with E-state index in [1.165, 1.54) is 13.8 Å². The molecule has 3 atom stereocenters. The Bertz CT molecular complexity index is 1310. The van der Waals surface area contributed by atoms with Gasteiger partial charge < -0.3 is 19.7 Å². The Hall–Kier alpha value is -3.61. The maximum absolute atomic E-state index is 13.4. The van der Waals surface area contributed by atoms with Crippen molar-refractivity contribution in [2.75, 3.05) is 6.61 Å². The Morgan fingerprint density at radius 1 is 1.08 bits per heavy atom. The standard InChI is InChI=1S/C23H21F3N2O7S/c1-23(2)19(22(31)35-10-12-8-14(24)17(26)15(25)9-12)28-20(30)18(21(28)36(23,32)33)27-16(29)11-34-13-6-4-3-5-7-13/h3-9,18-19,21H,10-11H2,1-2H3,(H,27,29)/t18-,19+,21-/m1/s1. The molecule has 2 saturated heterocycles. The molecule has 2 aromatic carbocycles. The lowest BCUT2D eigenvalue weighted by atomic mass is 9.96. The Morgan fingerprint density at radius 2 is 1.69 bits per heavy atom. The maximum atomic E-state index is 13.4. The monoisotopic (exact) mass is 526 g/mol. The smallest absolute Gasteiger partial charge is 0.330 e. The molecule has 2 aromatic rings. The van der Waals surface area contributed by atoms with Crippen LogP contribution in [0.1, 0.15) is 19.4 Å². The van der Waals surface area contributed by atoms with Gasteiger partial charge >= 0.3 is 5.97 Å². The van der Waals surface area contributed by atoms with Crippen LogP contribution in [0.4, 0.5) is 13.2 Å². The highest BCUT2D eigenvalue weighted by Gasteiger charge is 2.72. The number of hydrogen-bond acceptors (Lipinski definition) is 7. The molecule has 13 heteroatoms. The second-order valence-corrected chi connectivity index (χ2v) is 11.4. The minimum absolute atomic E-state index is 0.214. The van der Waals surface area contributed by atoms with E-state index < -0.39 is 80.5 Å². The van der Waals surface area contributed by atoms with Gasteiger partial charge in [0, 0.05) is 0 Å². The number of halogens is 3. The predicted octanol–water partition coefficient (Wildman–Crippen LogP) is 1.45. The van der Waals surface area contributed by atoms with Crippen molar-refractivity contribution in [1.82, 2.24) is 10.2 Å². The Labute approximate surface area is 204 Å². The summed E-state index contributed by atoms with van der Waals surface area (Å²) in [5.41, 5.74) is -0.214. The van der Waals surface area contributed by atoms with E-state index >= 15 is 0 Å². The first kappa shape index (κ1) is 25.5. The molecular weight excluding hydrogens is 505 g/mol. The normalized spacial score (nSPS) is 23.4. The Kier molecular flexibility index (Phi) is 6.45. The summed E-state index contributed by atoms with van der Waals surface area (Å²) in [6.07, 6.45) is 0. The quantitative estimate of drug-likeness (QED) is 0.330. The molecule has 192 valence electrons. The number of fused-ring (bicyclic) bond motifs is 1. The van der Waals surface area contributed by atoms with Crippen LogP contribution in [0.3, 0.4) is 0 Å².